The number of nitrogens with two attached hydrogens (primary N) is 1. The van der Waals surface area contributed by atoms with Crippen LogP contribution in [-0.2, 0) is 10.0 Å². The SMILES string of the molecule is CC(NS(=O)(=O)c1ccc(C(N)=S)nc1)c1ccc(Cl)s1. The fourth-order valence-electron chi connectivity index (χ4n) is 1.60. The largest absolute Gasteiger partial charge is 0.388 e. The summed E-state index contributed by atoms with van der Waals surface area (Å²) >= 11 is 11.9. The molecule has 1 atom stereocenters. The number of nitrogens with zero attached hydrogens (tertiary/aromatic N) is 1. The second kappa shape index (κ2) is 6.37. The monoisotopic (exact) mass is 361 g/mol. The summed E-state index contributed by atoms with van der Waals surface area (Å²) in [5.74, 6) is 0. The van der Waals surface area contributed by atoms with Crippen LogP contribution in [0.2, 0.25) is 4.34 Å². The summed E-state index contributed by atoms with van der Waals surface area (Å²) in [6.45, 7) is 1.75. The number of thiophene rings is 1. The molecule has 2 aromatic heterocycles. The van der Waals surface area contributed by atoms with E-state index in [0.29, 0.717) is 10.0 Å². The van der Waals surface area contributed by atoms with Gasteiger partial charge in [0.25, 0.3) is 0 Å². The van der Waals surface area contributed by atoms with E-state index in [2.05, 4.69) is 9.71 Å². The average Bonchev–Trinajstić information content (AvgIpc) is 2.85. The predicted molar refractivity (Wildman–Crippen MR) is 88.2 cm³/mol. The summed E-state index contributed by atoms with van der Waals surface area (Å²) in [5, 5.41) is 0. The Bertz CT molecular complexity index is 756. The minimum absolute atomic E-state index is 0.0528. The van der Waals surface area contributed by atoms with E-state index in [1.54, 1.807) is 19.1 Å². The Balaban J connectivity index is 2.19. The molecule has 0 aliphatic rings. The maximum absolute atomic E-state index is 12.3. The van der Waals surface area contributed by atoms with Crippen molar-refractivity contribution in [3.8, 4) is 0 Å². The van der Waals surface area contributed by atoms with Gasteiger partial charge in [0.05, 0.1) is 16.1 Å². The summed E-state index contributed by atoms with van der Waals surface area (Å²) in [6.07, 6.45) is 1.23. The van der Waals surface area contributed by atoms with Gasteiger partial charge in [0.15, 0.2) is 0 Å². The number of thiocarbonyl (C=S) groups is 1. The van der Waals surface area contributed by atoms with E-state index in [-0.39, 0.29) is 15.9 Å². The Labute approximate surface area is 137 Å². The van der Waals surface area contributed by atoms with Crippen molar-refractivity contribution in [2.24, 2.45) is 5.73 Å². The first-order valence-electron chi connectivity index (χ1n) is 5.83. The molecule has 0 spiro atoms. The van der Waals surface area contributed by atoms with Crippen LogP contribution in [0, 0.1) is 0 Å². The number of nitrogens with one attached hydrogen (secondary N) is 1. The van der Waals surface area contributed by atoms with Gasteiger partial charge >= 0.3 is 0 Å². The Kier molecular flexibility index (Phi) is 4.95. The zero-order valence-corrected chi connectivity index (χ0v) is 14.1. The molecule has 2 aromatic rings. The molecule has 2 rings (SSSR count). The third-order valence-corrected chi connectivity index (χ3v) is 5.80. The number of rotatable bonds is 5. The highest BCUT2D eigenvalue weighted by Gasteiger charge is 2.20. The van der Waals surface area contributed by atoms with Crippen molar-refractivity contribution in [1.29, 1.82) is 0 Å². The minimum atomic E-state index is -3.67. The van der Waals surface area contributed by atoms with Crippen molar-refractivity contribution in [3.63, 3.8) is 0 Å². The lowest BCUT2D eigenvalue weighted by molar-refractivity contribution is 0.568. The molecule has 3 N–H and O–H groups in total. The first-order valence-corrected chi connectivity index (χ1v) is 8.91. The maximum Gasteiger partial charge on any atom is 0.242 e. The van der Waals surface area contributed by atoms with Crippen LogP contribution in [-0.4, -0.2) is 18.4 Å². The van der Waals surface area contributed by atoms with Gasteiger partial charge in [-0.15, -0.1) is 11.3 Å². The molecule has 112 valence electrons. The van der Waals surface area contributed by atoms with Gasteiger partial charge in [0.1, 0.15) is 9.88 Å². The second-order valence-corrected chi connectivity index (χ2v) is 8.13. The number of sulfonamides is 1. The lowest BCUT2D eigenvalue weighted by Gasteiger charge is -2.12. The van der Waals surface area contributed by atoms with E-state index >= 15 is 0 Å². The van der Waals surface area contributed by atoms with Crippen LogP contribution in [0.4, 0.5) is 0 Å². The highest BCUT2D eigenvalue weighted by Crippen LogP contribution is 2.27. The Hall–Kier alpha value is -1.06. The molecule has 21 heavy (non-hydrogen) atoms. The van der Waals surface area contributed by atoms with Crippen LogP contribution >= 0.6 is 35.2 Å². The molecule has 0 amide bonds. The molecule has 0 aliphatic carbocycles. The van der Waals surface area contributed by atoms with E-state index < -0.39 is 10.0 Å². The summed E-state index contributed by atoms with van der Waals surface area (Å²) < 4.78 is 27.7. The molecule has 1 unspecified atom stereocenters. The number of pyridine rings is 1. The fourth-order valence-corrected chi connectivity index (χ4v) is 4.03. The Morgan fingerprint density at radius 1 is 1.43 bits per heavy atom. The molecule has 5 nitrogen and oxygen atoms in total. The van der Waals surface area contributed by atoms with E-state index in [1.165, 1.54) is 29.7 Å². The van der Waals surface area contributed by atoms with Crippen molar-refractivity contribution in [2.45, 2.75) is 17.9 Å². The number of hydrogen-bond acceptors (Lipinski definition) is 5. The zero-order chi connectivity index (χ0) is 15.6. The van der Waals surface area contributed by atoms with Crippen LogP contribution in [0.5, 0.6) is 0 Å². The van der Waals surface area contributed by atoms with Crippen molar-refractivity contribution in [3.05, 3.63) is 45.4 Å². The van der Waals surface area contributed by atoms with Crippen molar-refractivity contribution >= 4 is 50.2 Å². The molecule has 0 saturated heterocycles. The number of halogens is 1. The first-order chi connectivity index (χ1) is 9.79. The van der Waals surface area contributed by atoms with Gasteiger partial charge in [-0.25, -0.2) is 13.1 Å². The summed E-state index contributed by atoms with van der Waals surface area (Å²) in [6, 6.07) is 6.02. The van der Waals surface area contributed by atoms with E-state index in [9.17, 15) is 8.42 Å². The van der Waals surface area contributed by atoms with Gasteiger partial charge in [-0.1, -0.05) is 23.8 Å². The maximum atomic E-state index is 12.3. The van der Waals surface area contributed by atoms with Crippen LogP contribution < -0.4 is 10.5 Å². The van der Waals surface area contributed by atoms with Gasteiger partial charge in [0, 0.05) is 11.1 Å². The van der Waals surface area contributed by atoms with Crippen molar-refractivity contribution in [2.75, 3.05) is 0 Å². The number of hydrogen-bond donors (Lipinski definition) is 2. The van der Waals surface area contributed by atoms with E-state index in [4.69, 9.17) is 29.6 Å². The summed E-state index contributed by atoms with van der Waals surface area (Å²) in [7, 11) is -3.67. The van der Waals surface area contributed by atoms with Crippen molar-refractivity contribution < 1.29 is 8.42 Å². The Morgan fingerprint density at radius 2 is 2.14 bits per heavy atom. The molecule has 0 radical (unpaired) electrons. The third kappa shape index (κ3) is 3.98. The van der Waals surface area contributed by atoms with E-state index in [1.807, 2.05) is 0 Å². The standard InChI is InChI=1S/C12H12ClN3O2S3/c1-7(10-4-5-11(13)20-10)16-21(17,18)8-2-3-9(12(14)19)15-6-8/h2-7,16H,1H3,(H2,14,19). The summed E-state index contributed by atoms with van der Waals surface area (Å²) in [5.41, 5.74) is 5.80. The smallest absolute Gasteiger partial charge is 0.242 e. The van der Waals surface area contributed by atoms with E-state index in [0.717, 1.165) is 4.88 Å². The molecular formula is C12H12ClN3O2S3. The van der Waals surface area contributed by atoms with Gasteiger partial charge in [-0.3, -0.25) is 4.98 Å². The van der Waals surface area contributed by atoms with Crippen LogP contribution in [0.25, 0.3) is 0 Å². The molecule has 0 aromatic carbocycles. The van der Waals surface area contributed by atoms with Gasteiger partial charge in [-0.05, 0) is 31.2 Å². The minimum Gasteiger partial charge on any atom is -0.388 e. The highest BCUT2D eigenvalue weighted by molar-refractivity contribution is 7.89. The fraction of sp³-hybridized carbons (Fsp3) is 0.167. The van der Waals surface area contributed by atoms with Crippen LogP contribution in [0.15, 0.2) is 35.4 Å². The topological polar surface area (TPSA) is 85.1 Å². The van der Waals surface area contributed by atoms with Gasteiger partial charge in [0.2, 0.25) is 10.0 Å². The molecule has 0 saturated carbocycles. The quantitative estimate of drug-likeness (QED) is 0.799. The highest BCUT2D eigenvalue weighted by atomic mass is 35.5. The van der Waals surface area contributed by atoms with Crippen molar-refractivity contribution in [1.82, 2.24) is 9.71 Å². The van der Waals surface area contributed by atoms with Gasteiger partial charge < -0.3 is 5.73 Å². The molecule has 9 heteroatoms. The average molecular weight is 362 g/mol. The molecule has 0 fully saturated rings. The molecule has 2 heterocycles. The zero-order valence-electron chi connectivity index (χ0n) is 10.9. The lowest BCUT2D eigenvalue weighted by Crippen LogP contribution is -2.26. The molecule has 0 bridgehead atoms. The second-order valence-electron chi connectivity index (χ2n) is 4.23. The van der Waals surface area contributed by atoms with Crippen LogP contribution in [0.3, 0.4) is 0 Å². The predicted octanol–water partition coefficient (Wildman–Crippen LogP) is 2.47. The van der Waals surface area contributed by atoms with Gasteiger partial charge in [-0.2, -0.15) is 0 Å². The number of aromatic nitrogens is 1. The molecule has 0 aliphatic heterocycles. The third-order valence-electron chi connectivity index (χ3n) is 2.65. The first kappa shape index (κ1) is 16.3. The van der Waals surface area contributed by atoms with Crippen LogP contribution in [0.1, 0.15) is 23.5 Å². The summed E-state index contributed by atoms with van der Waals surface area (Å²) in [4.78, 5) is 4.93. The lowest BCUT2D eigenvalue weighted by atomic mass is 10.3. The molecular weight excluding hydrogens is 350 g/mol. The Morgan fingerprint density at radius 3 is 2.62 bits per heavy atom. The normalized spacial score (nSPS) is 13.0.